The molecule has 0 saturated heterocycles. The van der Waals surface area contributed by atoms with E-state index in [1.165, 1.54) is 24.4 Å². The summed E-state index contributed by atoms with van der Waals surface area (Å²) < 4.78 is 34.9. The Hall–Kier alpha value is -3.18. The highest BCUT2D eigenvalue weighted by atomic mass is 19.3. The van der Waals surface area contributed by atoms with Crippen LogP contribution in [-0.2, 0) is 5.60 Å². The molecule has 1 aromatic carbocycles. The number of rotatable bonds is 6. The summed E-state index contributed by atoms with van der Waals surface area (Å²) in [6, 6.07) is 9.69. The first kappa shape index (κ1) is 18.6. The van der Waals surface area contributed by atoms with E-state index in [1.807, 2.05) is 6.07 Å². The first-order valence-corrected chi connectivity index (χ1v) is 8.11. The van der Waals surface area contributed by atoms with Gasteiger partial charge in [0.1, 0.15) is 28.9 Å². The topological polar surface area (TPSA) is 91.3 Å². The molecule has 0 amide bonds. The maximum Gasteiger partial charge on any atom is 0.387 e. The van der Waals surface area contributed by atoms with Crippen molar-refractivity contribution in [3.8, 4) is 11.8 Å². The fourth-order valence-corrected chi connectivity index (χ4v) is 2.69. The normalized spacial score (nSPS) is 13.4. The van der Waals surface area contributed by atoms with Crippen molar-refractivity contribution in [1.29, 1.82) is 5.26 Å². The Morgan fingerprint density at radius 1 is 1.37 bits per heavy atom. The number of furan rings is 1. The lowest BCUT2D eigenvalue weighted by molar-refractivity contribution is -0.0497. The molecular weight excluding hydrogens is 356 g/mol. The fraction of sp³-hybridized carbons (Fsp3) is 0.263. The molecule has 3 aromatic rings. The number of pyridine rings is 1. The van der Waals surface area contributed by atoms with Crippen molar-refractivity contribution in [3.05, 3.63) is 53.6 Å². The van der Waals surface area contributed by atoms with Gasteiger partial charge < -0.3 is 19.6 Å². The summed E-state index contributed by atoms with van der Waals surface area (Å²) >= 11 is 0. The minimum atomic E-state index is -2.96. The van der Waals surface area contributed by atoms with Gasteiger partial charge in [-0.2, -0.15) is 14.0 Å². The van der Waals surface area contributed by atoms with Gasteiger partial charge in [0.15, 0.2) is 0 Å². The number of hydrogen-bond donors (Lipinski definition) is 2. The van der Waals surface area contributed by atoms with Gasteiger partial charge >= 0.3 is 6.61 Å². The highest BCUT2D eigenvalue weighted by Crippen LogP contribution is 2.31. The molecule has 0 aliphatic carbocycles. The molecule has 2 aromatic heterocycles. The molecule has 0 spiro atoms. The van der Waals surface area contributed by atoms with Crippen LogP contribution in [0.2, 0.25) is 0 Å². The molecule has 3 rings (SSSR count). The van der Waals surface area contributed by atoms with Crippen LogP contribution in [0.1, 0.15) is 24.0 Å². The van der Waals surface area contributed by atoms with Crippen LogP contribution in [0.15, 0.2) is 40.9 Å². The average Bonchev–Trinajstić information content (AvgIpc) is 3.06. The molecular formula is C19H17F2N3O3. The lowest BCUT2D eigenvalue weighted by atomic mass is 10.0. The summed E-state index contributed by atoms with van der Waals surface area (Å²) in [7, 11) is 0. The molecule has 0 saturated carbocycles. The number of ether oxygens (including phenoxy) is 1. The van der Waals surface area contributed by atoms with Crippen molar-refractivity contribution >= 4 is 16.6 Å². The number of nitrogens with zero attached hydrogens (tertiary/aromatic N) is 2. The third kappa shape index (κ3) is 3.99. The average molecular weight is 373 g/mol. The molecule has 140 valence electrons. The first-order chi connectivity index (χ1) is 12.8. The predicted molar refractivity (Wildman–Crippen MR) is 94.6 cm³/mol. The summed E-state index contributed by atoms with van der Waals surface area (Å²) in [6.45, 7) is 0.392. The minimum Gasteiger partial charge on any atom is -0.463 e. The molecule has 0 bridgehead atoms. The maximum atomic E-state index is 12.5. The Morgan fingerprint density at radius 2 is 2.15 bits per heavy atom. The van der Waals surface area contributed by atoms with E-state index >= 15 is 0 Å². The molecule has 27 heavy (non-hydrogen) atoms. The third-order valence-electron chi connectivity index (χ3n) is 4.07. The van der Waals surface area contributed by atoms with Crippen molar-refractivity contribution in [1.82, 2.24) is 4.98 Å². The third-order valence-corrected chi connectivity index (χ3v) is 4.07. The van der Waals surface area contributed by atoms with Crippen molar-refractivity contribution in [2.24, 2.45) is 0 Å². The molecule has 0 aliphatic rings. The van der Waals surface area contributed by atoms with E-state index in [-0.39, 0.29) is 17.9 Å². The van der Waals surface area contributed by atoms with E-state index in [9.17, 15) is 19.1 Å². The van der Waals surface area contributed by atoms with Crippen LogP contribution in [-0.4, -0.2) is 23.2 Å². The SMILES string of the molecule is Cc1ccc(C(C)(O)CNc2c(C#N)cnc3ccc(OC(F)F)cc23)o1. The Bertz CT molecular complexity index is 1010. The van der Waals surface area contributed by atoms with Crippen molar-refractivity contribution in [2.75, 3.05) is 11.9 Å². The Morgan fingerprint density at radius 3 is 2.78 bits per heavy atom. The minimum absolute atomic E-state index is 0.0215. The highest BCUT2D eigenvalue weighted by Gasteiger charge is 2.27. The first-order valence-electron chi connectivity index (χ1n) is 8.11. The summed E-state index contributed by atoms with van der Waals surface area (Å²) in [5.41, 5.74) is -0.284. The number of aryl methyl sites for hydroxylation is 1. The van der Waals surface area contributed by atoms with Crippen molar-refractivity contribution < 1.29 is 23.0 Å². The summed E-state index contributed by atoms with van der Waals surface area (Å²) in [6.07, 6.45) is 1.38. The summed E-state index contributed by atoms with van der Waals surface area (Å²) in [5.74, 6) is 0.975. The Kier molecular flexibility index (Phi) is 4.97. The Labute approximate surface area is 154 Å². The van der Waals surface area contributed by atoms with Gasteiger partial charge in [0.2, 0.25) is 0 Å². The van der Waals surface area contributed by atoms with Gasteiger partial charge in [-0.05, 0) is 44.2 Å². The summed E-state index contributed by atoms with van der Waals surface area (Å²) in [5, 5.41) is 23.5. The lowest BCUT2D eigenvalue weighted by Crippen LogP contribution is -2.30. The number of aliphatic hydroxyl groups is 1. The van der Waals surface area contributed by atoms with Crippen molar-refractivity contribution in [2.45, 2.75) is 26.1 Å². The van der Waals surface area contributed by atoms with Gasteiger partial charge in [0.05, 0.1) is 23.3 Å². The van der Waals surface area contributed by atoms with E-state index in [0.717, 1.165) is 0 Å². The standard InChI is InChI=1S/C19H17F2N3O3/c1-11-3-6-16(26-11)19(2,25)10-24-17-12(8-22)9-23-15-5-4-13(7-14(15)17)27-18(20)21/h3-7,9,18,25H,10H2,1-2H3,(H,23,24). The van der Waals surface area contributed by atoms with E-state index in [1.54, 1.807) is 26.0 Å². The number of fused-ring (bicyclic) bond motifs is 1. The number of benzene rings is 1. The molecule has 2 heterocycles. The van der Waals surface area contributed by atoms with Crippen LogP contribution in [0, 0.1) is 18.3 Å². The predicted octanol–water partition coefficient (Wildman–Crippen LogP) is 3.93. The fourth-order valence-electron chi connectivity index (χ4n) is 2.69. The van der Waals surface area contributed by atoms with Crippen molar-refractivity contribution in [3.63, 3.8) is 0 Å². The lowest BCUT2D eigenvalue weighted by Gasteiger charge is -2.23. The number of alkyl halides is 2. The zero-order chi connectivity index (χ0) is 19.6. The molecule has 0 radical (unpaired) electrons. The number of aromatic nitrogens is 1. The van der Waals surface area contributed by atoms with E-state index in [0.29, 0.717) is 28.1 Å². The smallest absolute Gasteiger partial charge is 0.387 e. The highest BCUT2D eigenvalue weighted by molar-refractivity contribution is 5.94. The molecule has 0 aliphatic heterocycles. The number of nitrogens with one attached hydrogen (secondary N) is 1. The Balaban J connectivity index is 1.97. The summed E-state index contributed by atoms with van der Waals surface area (Å²) in [4.78, 5) is 4.15. The van der Waals surface area contributed by atoms with Crippen LogP contribution >= 0.6 is 0 Å². The van der Waals surface area contributed by atoms with E-state index in [2.05, 4.69) is 15.0 Å². The molecule has 1 atom stereocenters. The van der Waals surface area contributed by atoms with Gasteiger partial charge in [0.25, 0.3) is 0 Å². The maximum absolute atomic E-state index is 12.5. The molecule has 8 heteroatoms. The van der Waals surface area contributed by atoms with Gasteiger partial charge in [-0.15, -0.1) is 0 Å². The second-order valence-corrected chi connectivity index (χ2v) is 6.25. The van der Waals surface area contributed by atoms with Gasteiger partial charge in [0, 0.05) is 11.6 Å². The van der Waals surface area contributed by atoms with Crippen LogP contribution < -0.4 is 10.1 Å². The quantitative estimate of drug-likeness (QED) is 0.680. The second kappa shape index (κ2) is 7.21. The molecule has 0 fully saturated rings. The molecule has 2 N–H and O–H groups in total. The van der Waals surface area contributed by atoms with E-state index in [4.69, 9.17) is 4.42 Å². The van der Waals surface area contributed by atoms with E-state index < -0.39 is 12.2 Å². The van der Waals surface area contributed by atoms with Crippen LogP contribution in [0.4, 0.5) is 14.5 Å². The number of nitriles is 1. The number of hydrogen-bond acceptors (Lipinski definition) is 6. The van der Waals surface area contributed by atoms with Crippen LogP contribution in [0.5, 0.6) is 5.75 Å². The van der Waals surface area contributed by atoms with Gasteiger partial charge in [-0.1, -0.05) is 0 Å². The number of halogens is 2. The zero-order valence-electron chi connectivity index (χ0n) is 14.7. The second-order valence-electron chi connectivity index (χ2n) is 6.25. The largest absolute Gasteiger partial charge is 0.463 e. The zero-order valence-corrected chi connectivity index (χ0v) is 14.7. The van der Waals surface area contributed by atoms with Crippen LogP contribution in [0.3, 0.4) is 0 Å². The van der Waals surface area contributed by atoms with Gasteiger partial charge in [-0.25, -0.2) is 0 Å². The number of anilines is 1. The molecule has 6 nitrogen and oxygen atoms in total. The van der Waals surface area contributed by atoms with Crippen LogP contribution in [0.25, 0.3) is 10.9 Å². The monoisotopic (exact) mass is 373 g/mol. The molecule has 1 unspecified atom stereocenters. The van der Waals surface area contributed by atoms with Gasteiger partial charge in [-0.3, -0.25) is 4.98 Å².